The van der Waals surface area contributed by atoms with Gasteiger partial charge in [0.2, 0.25) is 0 Å². The molecular weight excluding hydrogens is 821 g/mol. The van der Waals surface area contributed by atoms with Gasteiger partial charge in [0.05, 0.1) is 11.0 Å². The molecule has 0 radical (unpaired) electrons. The lowest BCUT2D eigenvalue weighted by Gasteiger charge is -2.26. The monoisotopic (exact) mass is 864 g/mol. The summed E-state index contributed by atoms with van der Waals surface area (Å²) in [5, 5.41) is 10.1. The molecule has 68 heavy (non-hydrogen) atoms. The van der Waals surface area contributed by atoms with Crippen LogP contribution in [-0.4, -0.2) is 4.57 Å². The molecule has 0 N–H and O–H groups in total. The number of nitrogens with zero attached hydrogens (tertiary/aromatic N) is 2. The smallest absolute Gasteiger partial charge is 0.0541 e. The number of rotatable bonds is 8. The van der Waals surface area contributed by atoms with Crippen molar-refractivity contribution in [2.24, 2.45) is 0 Å². The van der Waals surface area contributed by atoms with Gasteiger partial charge in [-0.05, 0) is 156 Å². The van der Waals surface area contributed by atoms with Crippen molar-refractivity contribution in [3.8, 4) is 50.2 Å². The molecule has 0 amide bonds. The fraction of sp³-hybridized carbons (Fsp3) is 0. The molecular formula is C66H44N2. The zero-order valence-electron chi connectivity index (χ0n) is 37.3. The van der Waals surface area contributed by atoms with Crippen molar-refractivity contribution in [1.29, 1.82) is 0 Å². The molecule has 13 rings (SSSR count). The molecule has 0 aliphatic rings. The summed E-state index contributed by atoms with van der Waals surface area (Å²) in [6.07, 6.45) is 0. The predicted molar refractivity (Wildman–Crippen MR) is 290 cm³/mol. The Hall–Kier alpha value is -8.98. The SMILES string of the molecule is c1cc(-c2ccc(N(c3ccc(-c4ccc(-c5ccc6ccccc6c5)cc4)cc3)c3ccc(-n4c5ccccc5c5ccccc54)cc3)cc2)cc(-c2cc3ccccc3c3ccccc23)c1. The van der Waals surface area contributed by atoms with E-state index in [1.54, 1.807) is 0 Å². The Balaban J connectivity index is 0.860. The molecule has 0 aliphatic carbocycles. The van der Waals surface area contributed by atoms with Gasteiger partial charge in [-0.2, -0.15) is 0 Å². The number of hydrogen-bond donors (Lipinski definition) is 0. The molecule has 1 aromatic heterocycles. The largest absolute Gasteiger partial charge is 0.311 e. The van der Waals surface area contributed by atoms with Gasteiger partial charge in [-0.1, -0.05) is 188 Å². The van der Waals surface area contributed by atoms with Crippen LogP contribution in [0.2, 0.25) is 0 Å². The van der Waals surface area contributed by atoms with E-state index in [1.165, 1.54) is 98.6 Å². The summed E-state index contributed by atoms with van der Waals surface area (Å²) < 4.78 is 2.38. The molecule has 1 heterocycles. The van der Waals surface area contributed by atoms with Gasteiger partial charge >= 0.3 is 0 Å². The molecule has 13 aromatic rings. The van der Waals surface area contributed by atoms with Crippen LogP contribution in [-0.2, 0) is 0 Å². The van der Waals surface area contributed by atoms with Gasteiger partial charge in [-0.15, -0.1) is 0 Å². The summed E-state index contributed by atoms with van der Waals surface area (Å²) in [7, 11) is 0. The lowest BCUT2D eigenvalue weighted by atomic mass is 9.92. The van der Waals surface area contributed by atoms with E-state index in [0.29, 0.717) is 0 Å². The first-order chi connectivity index (χ1) is 33.7. The quantitative estimate of drug-likeness (QED) is 0.138. The van der Waals surface area contributed by atoms with E-state index in [-0.39, 0.29) is 0 Å². The third kappa shape index (κ3) is 6.90. The van der Waals surface area contributed by atoms with Crippen molar-refractivity contribution in [2.45, 2.75) is 0 Å². The summed E-state index contributed by atoms with van der Waals surface area (Å²) in [5.41, 5.74) is 16.4. The van der Waals surface area contributed by atoms with Crippen LogP contribution in [0.3, 0.4) is 0 Å². The van der Waals surface area contributed by atoms with Crippen LogP contribution in [0.4, 0.5) is 17.1 Å². The van der Waals surface area contributed by atoms with Gasteiger partial charge in [0.25, 0.3) is 0 Å². The number of hydrogen-bond acceptors (Lipinski definition) is 1. The first-order valence-corrected chi connectivity index (χ1v) is 23.4. The minimum atomic E-state index is 1.08. The molecule has 0 aliphatic heterocycles. The molecule has 318 valence electrons. The van der Waals surface area contributed by atoms with Crippen molar-refractivity contribution < 1.29 is 0 Å². The van der Waals surface area contributed by atoms with Gasteiger partial charge < -0.3 is 9.47 Å². The van der Waals surface area contributed by atoms with Crippen molar-refractivity contribution in [3.63, 3.8) is 0 Å². The van der Waals surface area contributed by atoms with Gasteiger partial charge in [0, 0.05) is 33.5 Å². The number of para-hydroxylation sites is 2. The Morgan fingerprint density at radius 2 is 0.662 bits per heavy atom. The maximum absolute atomic E-state index is 2.38. The van der Waals surface area contributed by atoms with E-state index in [4.69, 9.17) is 0 Å². The first-order valence-electron chi connectivity index (χ1n) is 23.4. The maximum Gasteiger partial charge on any atom is 0.0541 e. The van der Waals surface area contributed by atoms with E-state index >= 15 is 0 Å². The second kappa shape index (κ2) is 16.5. The zero-order chi connectivity index (χ0) is 45.0. The Kier molecular flexibility index (Phi) is 9.54. The van der Waals surface area contributed by atoms with E-state index in [1.807, 2.05) is 0 Å². The lowest BCUT2D eigenvalue weighted by Crippen LogP contribution is -2.10. The summed E-state index contributed by atoms with van der Waals surface area (Å²) in [5.74, 6) is 0. The number of benzene rings is 12. The Labute approximate surface area is 395 Å². The summed E-state index contributed by atoms with van der Waals surface area (Å²) >= 11 is 0. The van der Waals surface area contributed by atoms with Crippen LogP contribution in [0.1, 0.15) is 0 Å². The van der Waals surface area contributed by atoms with E-state index < -0.39 is 0 Å². The molecule has 0 saturated heterocycles. The number of anilines is 3. The molecule has 0 saturated carbocycles. The van der Waals surface area contributed by atoms with Crippen molar-refractivity contribution in [3.05, 3.63) is 267 Å². The van der Waals surface area contributed by atoms with Crippen LogP contribution < -0.4 is 4.90 Å². The van der Waals surface area contributed by atoms with Gasteiger partial charge in [-0.25, -0.2) is 0 Å². The van der Waals surface area contributed by atoms with E-state index in [9.17, 15) is 0 Å². The molecule has 0 atom stereocenters. The normalized spacial score (nSPS) is 11.5. The van der Waals surface area contributed by atoms with Crippen LogP contribution >= 0.6 is 0 Å². The molecule has 2 nitrogen and oxygen atoms in total. The van der Waals surface area contributed by atoms with Crippen molar-refractivity contribution in [2.75, 3.05) is 4.90 Å². The number of aromatic nitrogens is 1. The summed E-state index contributed by atoms with van der Waals surface area (Å²) in [4.78, 5) is 2.36. The topological polar surface area (TPSA) is 8.17 Å². The third-order valence-electron chi connectivity index (χ3n) is 13.8. The third-order valence-corrected chi connectivity index (χ3v) is 13.8. The minimum absolute atomic E-state index is 1.08. The molecule has 2 heteroatoms. The average Bonchev–Trinajstić information content (AvgIpc) is 3.76. The molecule has 0 fully saturated rings. The average molecular weight is 865 g/mol. The van der Waals surface area contributed by atoms with Gasteiger partial charge in [0.1, 0.15) is 0 Å². The first kappa shape index (κ1) is 39.4. The fourth-order valence-corrected chi connectivity index (χ4v) is 10.4. The standard InChI is InChI=1S/C66H44N2/c1-2-13-50-42-52(29-28-45(50)12-1)48-26-24-46(25-27-48)47-30-34-55(35-31-47)67(57-38-40-58(41-39-57)68-65-22-9-7-20-62(65)63-21-8-10-23-66(63)68)56-36-32-49(33-37-56)51-15-11-16-53(43-51)64-44-54-14-3-4-17-59(54)60-18-5-6-19-61(60)64/h1-44H. The summed E-state index contributed by atoms with van der Waals surface area (Å²) in [6, 6.07) is 97.4. The minimum Gasteiger partial charge on any atom is -0.311 e. The predicted octanol–water partition coefficient (Wildman–Crippen LogP) is 18.4. The highest BCUT2D eigenvalue weighted by atomic mass is 15.1. The van der Waals surface area contributed by atoms with Crippen LogP contribution in [0.25, 0.3) is 104 Å². The van der Waals surface area contributed by atoms with Crippen molar-refractivity contribution >= 4 is 71.2 Å². The van der Waals surface area contributed by atoms with E-state index in [2.05, 4.69) is 276 Å². The molecule has 0 spiro atoms. The van der Waals surface area contributed by atoms with E-state index in [0.717, 1.165) is 22.7 Å². The molecule has 12 aromatic carbocycles. The van der Waals surface area contributed by atoms with Crippen LogP contribution in [0.15, 0.2) is 267 Å². The highest BCUT2D eigenvalue weighted by Crippen LogP contribution is 2.41. The second-order valence-corrected chi connectivity index (χ2v) is 17.7. The molecule has 0 unspecified atom stereocenters. The second-order valence-electron chi connectivity index (χ2n) is 17.7. The highest BCUT2D eigenvalue weighted by Gasteiger charge is 2.17. The fourth-order valence-electron chi connectivity index (χ4n) is 10.4. The van der Waals surface area contributed by atoms with Crippen LogP contribution in [0.5, 0.6) is 0 Å². The number of fused-ring (bicyclic) bond motifs is 7. The highest BCUT2D eigenvalue weighted by molar-refractivity contribution is 6.14. The Bertz CT molecular complexity index is 3940. The van der Waals surface area contributed by atoms with Crippen LogP contribution in [0, 0.1) is 0 Å². The Morgan fingerprint density at radius 3 is 1.28 bits per heavy atom. The van der Waals surface area contributed by atoms with Gasteiger partial charge in [0.15, 0.2) is 0 Å². The zero-order valence-corrected chi connectivity index (χ0v) is 37.3. The molecule has 0 bridgehead atoms. The maximum atomic E-state index is 2.38. The van der Waals surface area contributed by atoms with Crippen molar-refractivity contribution in [1.82, 2.24) is 4.57 Å². The Morgan fingerprint density at radius 1 is 0.235 bits per heavy atom. The lowest BCUT2D eigenvalue weighted by molar-refractivity contribution is 1.17. The summed E-state index contributed by atoms with van der Waals surface area (Å²) in [6.45, 7) is 0. The van der Waals surface area contributed by atoms with Gasteiger partial charge in [-0.3, -0.25) is 0 Å².